The molecule has 2 N–H and O–H groups in total. The zero-order valence-electron chi connectivity index (χ0n) is 11.8. The molecule has 1 aliphatic carbocycles. The lowest BCUT2D eigenvalue weighted by atomic mass is 10.0. The fourth-order valence-electron chi connectivity index (χ4n) is 2.62. The minimum Gasteiger partial charge on any atom is -0.392 e. The van der Waals surface area contributed by atoms with E-state index in [1.807, 2.05) is 18.2 Å². The molecule has 0 saturated heterocycles. The predicted octanol–water partition coefficient (Wildman–Crippen LogP) is 4.05. The van der Waals surface area contributed by atoms with Crippen LogP contribution in [0.4, 0.5) is 5.69 Å². The fourth-order valence-corrected chi connectivity index (χ4v) is 2.62. The van der Waals surface area contributed by atoms with E-state index in [2.05, 4.69) is 42.6 Å². The molecule has 0 amide bonds. The second-order valence-electron chi connectivity index (χ2n) is 5.73. The van der Waals surface area contributed by atoms with Gasteiger partial charge in [0.1, 0.15) is 0 Å². The molecule has 0 bridgehead atoms. The largest absolute Gasteiger partial charge is 0.392 e. The first-order chi connectivity index (χ1) is 9.76. The van der Waals surface area contributed by atoms with E-state index in [-0.39, 0.29) is 6.61 Å². The highest BCUT2D eigenvalue weighted by Crippen LogP contribution is 2.42. The van der Waals surface area contributed by atoms with Crippen LogP contribution in [0, 0.1) is 12.8 Å². The predicted molar refractivity (Wildman–Crippen MR) is 82.6 cm³/mol. The highest BCUT2D eigenvalue weighted by atomic mass is 16.3. The standard InChI is InChI=1S/C18H21NO/c1-13-5-7-15(8-6-13)18(16-9-10-16)19-17-4-2-3-14(11-17)12-20/h2-8,11,16,18-20H,9-10,12H2,1H3. The Morgan fingerprint density at radius 1 is 1.15 bits per heavy atom. The number of anilines is 1. The Labute approximate surface area is 120 Å². The van der Waals surface area contributed by atoms with E-state index in [1.54, 1.807) is 0 Å². The van der Waals surface area contributed by atoms with Crippen molar-refractivity contribution >= 4 is 5.69 Å². The van der Waals surface area contributed by atoms with Gasteiger partial charge in [-0.1, -0.05) is 42.0 Å². The summed E-state index contributed by atoms with van der Waals surface area (Å²) in [4.78, 5) is 0. The zero-order chi connectivity index (χ0) is 13.9. The van der Waals surface area contributed by atoms with Crippen LogP contribution in [-0.4, -0.2) is 5.11 Å². The maximum Gasteiger partial charge on any atom is 0.0682 e. The van der Waals surface area contributed by atoms with Gasteiger partial charge in [0.2, 0.25) is 0 Å². The van der Waals surface area contributed by atoms with Crippen molar-refractivity contribution in [3.05, 3.63) is 65.2 Å². The van der Waals surface area contributed by atoms with Crippen molar-refractivity contribution in [1.29, 1.82) is 0 Å². The summed E-state index contributed by atoms with van der Waals surface area (Å²) in [6.45, 7) is 2.21. The molecule has 3 rings (SSSR count). The first kappa shape index (κ1) is 13.2. The first-order valence-corrected chi connectivity index (χ1v) is 7.29. The lowest BCUT2D eigenvalue weighted by Crippen LogP contribution is -2.13. The van der Waals surface area contributed by atoms with Crippen LogP contribution in [0.15, 0.2) is 48.5 Å². The van der Waals surface area contributed by atoms with Crippen molar-refractivity contribution < 1.29 is 5.11 Å². The maximum absolute atomic E-state index is 9.24. The van der Waals surface area contributed by atoms with Crippen molar-refractivity contribution in [3.8, 4) is 0 Å². The second kappa shape index (κ2) is 5.68. The van der Waals surface area contributed by atoms with E-state index in [0.29, 0.717) is 6.04 Å². The third kappa shape index (κ3) is 3.02. The molecule has 0 heterocycles. The van der Waals surface area contributed by atoms with Gasteiger partial charge in [0, 0.05) is 5.69 Å². The van der Waals surface area contributed by atoms with E-state index < -0.39 is 0 Å². The van der Waals surface area contributed by atoms with Crippen LogP contribution < -0.4 is 5.32 Å². The van der Waals surface area contributed by atoms with Crippen LogP contribution >= 0.6 is 0 Å². The quantitative estimate of drug-likeness (QED) is 0.856. The number of aliphatic hydroxyl groups is 1. The molecule has 1 atom stereocenters. The van der Waals surface area contributed by atoms with Crippen LogP contribution in [0.2, 0.25) is 0 Å². The third-order valence-corrected chi connectivity index (χ3v) is 3.96. The number of benzene rings is 2. The van der Waals surface area contributed by atoms with Gasteiger partial charge in [0.15, 0.2) is 0 Å². The lowest BCUT2D eigenvalue weighted by molar-refractivity contribution is 0.282. The number of aliphatic hydroxyl groups excluding tert-OH is 1. The van der Waals surface area contributed by atoms with E-state index in [4.69, 9.17) is 0 Å². The molecular weight excluding hydrogens is 246 g/mol. The number of rotatable bonds is 5. The minimum absolute atomic E-state index is 0.0914. The normalized spacial score (nSPS) is 15.9. The number of hydrogen-bond acceptors (Lipinski definition) is 2. The Morgan fingerprint density at radius 2 is 1.90 bits per heavy atom. The molecule has 20 heavy (non-hydrogen) atoms. The van der Waals surface area contributed by atoms with Crippen LogP contribution in [-0.2, 0) is 6.61 Å². The minimum atomic E-state index is 0.0914. The van der Waals surface area contributed by atoms with Crippen molar-refractivity contribution in [2.24, 2.45) is 5.92 Å². The summed E-state index contributed by atoms with van der Waals surface area (Å²) < 4.78 is 0. The number of hydrogen-bond donors (Lipinski definition) is 2. The summed E-state index contributed by atoms with van der Waals surface area (Å²) in [6, 6.07) is 17.2. The molecule has 0 spiro atoms. The van der Waals surface area contributed by atoms with Gasteiger partial charge in [-0.25, -0.2) is 0 Å². The maximum atomic E-state index is 9.24. The van der Waals surface area contributed by atoms with E-state index in [0.717, 1.165) is 17.2 Å². The van der Waals surface area contributed by atoms with Crippen LogP contribution in [0.1, 0.15) is 35.6 Å². The molecule has 2 nitrogen and oxygen atoms in total. The smallest absolute Gasteiger partial charge is 0.0682 e. The van der Waals surface area contributed by atoms with E-state index in [1.165, 1.54) is 24.0 Å². The molecule has 1 aliphatic rings. The Balaban J connectivity index is 1.82. The van der Waals surface area contributed by atoms with E-state index in [9.17, 15) is 5.11 Å². The summed E-state index contributed by atoms with van der Waals surface area (Å²) in [6.07, 6.45) is 2.59. The molecular formula is C18H21NO. The van der Waals surface area contributed by atoms with Gasteiger partial charge < -0.3 is 10.4 Å². The Bertz CT molecular complexity index is 572. The average Bonchev–Trinajstić information content (AvgIpc) is 3.31. The molecule has 104 valence electrons. The summed E-state index contributed by atoms with van der Waals surface area (Å²) in [5.74, 6) is 0.732. The Morgan fingerprint density at radius 3 is 2.55 bits per heavy atom. The summed E-state index contributed by atoms with van der Waals surface area (Å²) in [5.41, 5.74) is 4.69. The highest BCUT2D eigenvalue weighted by molar-refractivity contribution is 5.48. The van der Waals surface area contributed by atoms with Gasteiger partial charge in [-0.3, -0.25) is 0 Å². The highest BCUT2D eigenvalue weighted by Gasteiger charge is 2.32. The average molecular weight is 267 g/mol. The van der Waals surface area contributed by atoms with Crippen molar-refractivity contribution in [1.82, 2.24) is 0 Å². The van der Waals surface area contributed by atoms with Gasteiger partial charge in [-0.2, -0.15) is 0 Å². The van der Waals surface area contributed by atoms with Crippen LogP contribution in [0.3, 0.4) is 0 Å². The molecule has 0 radical (unpaired) electrons. The molecule has 0 aliphatic heterocycles. The monoisotopic (exact) mass is 267 g/mol. The van der Waals surface area contributed by atoms with E-state index >= 15 is 0 Å². The third-order valence-electron chi connectivity index (χ3n) is 3.96. The second-order valence-corrected chi connectivity index (χ2v) is 5.73. The SMILES string of the molecule is Cc1ccc(C(Nc2cccc(CO)c2)C2CC2)cc1. The van der Waals surface area contributed by atoms with Gasteiger partial charge in [-0.15, -0.1) is 0 Å². The van der Waals surface area contributed by atoms with Gasteiger partial charge in [-0.05, 0) is 48.9 Å². The summed E-state index contributed by atoms with van der Waals surface area (Å²) >= 11 is 0. The Kier molecular flexibility index (Phi) is 3.75. The Hall–Kier alpha value is -1.80. The number of nitrogens with one attached hydrogen (secondary N) is 1. The fraction of sp³-hybridized carbons (Fsp3) is 0.333. The van der Waals surface area contributed by atoms with Crippen molar-refractivity contribution in [2.75, 3.05) is 5.32 Å². The molecule has 2 aromatic carbocycles. The van der Waals surface area contributed by atoms with Crippen molar-refractivity contribution in [2.45, 2.75) is 32.4 Å². The van der Waals surface area contributed by atoms with Crippen LogP contribution in [0.5, 0.6) is 0 Å². The first-order valence-electron chi connectivity index (χ1n) is 7.29. The van der Waals surface area contributed by atoms with Crippen LogP contribution in [0.25, 0.3) is 0 Å². The molecule has 1 unspecified atom stereocenters. The van der Waals surface area contributed by atoms with Gasteiger partial charge in [0.25, 0.3) is 0 Å². The summed E-state index contributed by atoms with van der Waals surface area (Å²) in [5, 5.41) is 12.9. The zero-order valence-corrected chi connectivity index (χ0v) is 11.8. The summed E-state index contributed by atoms with van der Waals surface area (Å²) in [7, 11) is 0. The molecule has 0 aromatic heterocycles. The molecule has 2 aromatic rings. The van der Waals surface area contributed by atoms with Gasteiger partial charge in [0.05, 0.1) is 12.6 Å². The molecule has 1 fully saturated rings. The van der Waals surface area contributed by atoms with Crippen molar-refractivity contribution in [3.63, 3.8) is 0 Å². The molecule has 2 heteroatoms. The molecule has 1 saturated carbocycles. The number of aryl methyl sites for hydroxylation is 1. The van der Waals surface area contributed by atoms with Gasteiger partial charge >= 0.3 is 0 Å². The lowest BCUT2D eigenvalue weighted by Gasteiger charge is -2.20. The topological polar surface area (TPSA) is 32.3 Å².